The van der Waals surface area contributed by atoms with Crippen LogP contribution < -0.4 is 4.90 Å². The molecule has 6 nitrogen and oxygen atoms in total. The fraction of sp³-hybridized carbons (Fsp3) is 0.412. The molecule has 0 amide bonds. The molecule has 0 N–H and O–H groups in total. The highest BCUT2D eigenvalue weighted by Crippen LogP contribution is 2.30. The summed E-state index contributed by atoms with van der Waals surface area (Å²) < 4.78 is 48.8. The van der Waals surface area contributed by atoms with Gasteiger partial charge < -0.3 is 4.90 Å². The van der Waals surface area contributed by atoms with Crippen molar-refractivity contribution < 1.29 is 16.8 Å². The summed E-state index contributed by atoms with van der Waals surface area (Å²) in [6.07, 6.45) is 2.18. The van der Waals surface area contributed by atoms with Crippen molar-refractivity contribution in [3.05, 3.63) is 39.5 Å². The monoisotopic (exact) mass is 448 g/mol. The number of hydrogen-bond acceptors (Lipinski definition) is 7. The molecule has 0 atom stereocenters. The minimum absolute atomic E-state index is 0.0138. The summed E-state index contributed by atoms with van der Waals surface area (Å²) in [5.41, 5.74) is 0.559. The van der Waals surface area contributed by atoms with Gasteiger partial charge in [-0.3, -0.25) is 4.90 Å². The van der Waals surface area contributed by atoms with Gasteiger partial charge in [-0.1, -0.05) is 11.6 Å². The SMILES string of the molecule is CS(=O)(=O)c1ccc(N2CCN(Cc3ccc(Cl)s3)CC2)c(S(C)(=O)=O)c1. The summed E-state index contributed by atoms with van der Waals surface area (Å²) in [6.45, 7) is 3.72. The van der Waals surface area contributed by atoms with Gasteiger partial charge in [0, 0.05) is 50.1 Å². The lowest BCUT2D eigenvalue weighted by Gasteiger charge is -2.36. The highest BCUT2D eigenvalue weighted by Gasteiger charge is 2.24. The standard InChI is InChI=1S/C17H21ClN2O4S3/c1-26(21,22)14-4-5-15(16(11-14)27(2,23)24)20-9-7-19(8-10-20)12-13-3-6-17(18)25-13/h3-6,11H,7-10,12H2,1-2H3. The molecule has 1 aliphatic heterocycles. The normalized spacial score (nSPS) is 16.6. The topological polar surface area (TPSA) is 74.8 Å². The van der Waals surface area contributed by atoms with Crippen molar-refractivity contribution in [3.63, 3.8) is 0 Å². The number of piperazine rings is 1. The van der Waals surface area contributed by atoms with Crippen LogP contribution in [-0.4, -0.2) is 60.4 Å². The summed E-state index contributed by atoms with van der Waals surface area (Å²) >= 11 is 7.54. The van der Waals surface area contributed by atoms with Gasteiger partial charge in [-0.05, 0) is 30.3 Å². The van der Waals surface area contributed by atoms with Gasteiger partial charge in [-0.15, -0.1) is 11.3 Å². The molecule has 0 saturated carbocycles. The maximum absolute atomic E-state index is 12.2. The van der Waals surface area contributed by atoms with E-state index in [1.165, 1.54) is 17.0 Å². The number of halogens is 1. The third kappa shape index (κ3) is 5.03. The van der Waals surface area contributed by atoms with E-state index < -0.39 is 19.7 Å². The number of anilines is 1. The van der Waals surface area contributed by atoms with Crippen LogP contribution in [0.3, 0.4) is 0 Å². The second-order valence-electron chi connectivity index (χ2n) is 6.64. The van der Waals surface area contributed by atoms with E-state index in [0.29, 0.717) is 18.8 Å². The van der Waals surface area contributed by atoms with Gasteiger partial charge in [0.1, 0.15) is 0 Å². The lowest BCUT2D eigenvalue weighted by Crippen LogP contribution is -2.46. The third-order valence-corrected chi connectivity index (χ3v) is 7.93. The first-order valence-electron chi connectivity index (χ1n) is 8.30. The largest absolute Gasteiger partial charge is 0.368 e. The molecular weight excluding hydrogens is 428 g/mol. The minimum Gasteiger partial charge on any atom is -0.368 e. The molecule has 1 aliphatic rings. The van der Waals surface area contributed by atoms with Gasteiger partial charge >= 0.3 is 0 Å². The van der Waals surface area contributed by atoms with Crippen LogP contribution in [-0.2, 0) is 26.2 Å². The molecule has 1 aromatic heterocycles. The van der Waals surface area contributed by atoms with Crippen LogP contribution in [0, 0.1) is 0 Å². The number of sulfone groups is 2. The van der Waals surface area contributed by atoms with Crippen molar-refractivity contribution in [2.45, 2.75) is 16.3 Å². The van der Waals surface area contributed by atoms with E-state index in [9.17, 15) is 16.8 Å². The Morgan fingerprint density at radius 1 is 0.963 bits per heavy atom. The van der Waals surface area contributed by atoms with Crippen LogP contribution in [0.5, 0.6) is 0 Å². The molecule has 0 aliphatic carbocycles. The molecule has 1 aromatic carbocycles. The first kappa shape index (κ1) is 20.6. The Hall–Kier alpha value is -1.13. The van der Waals surface area contributed by atoms with Crippen molar-refractivity contribution in [2.75, 3.05) is 43.6 Å². The Bertz CT molecular complexity index is 1040. The third-order valence-electron chi connectivity index (χ3n) is 4.48. The van der Waals surface area contributed by atoms with E-state index >= 15 is 0 Å². The number of nitrogens with zero attached hydrogens (tertiary/aromatic N) is 2. The molecule has 0 bridgehead atoms. The Morgan fingerprint density at radius 2 is 1.63 bits per heavy atom. The molecule has 2 heterocycles. The van der Waals surface area contributed by atoms with E-state index in [1.54, 1.807) is 17.4 Å². The number of benzene rings is 1. The summed E-state index contributed by atoms with van der Waals surface area (Å²) in [7, 11) is -7.03. The van der Waals surface area contributed by atoms with Gasteiger partial charge in [0.2, 0.25) is 0 Å². The van der Waals surface area contributed by atoms with Gasteiger partial charge in [0.05, 0.1) is 19.8 Å². The smallest absolute Gasteiger partial charge is 0.177 e. The summed E-state index contributed by atoms with van der Waals surface area (Å²) in [6, 6.07) is 8.24. The molecule has 3 rings (SSSR count). The second-order valence-corrected chi connectivity index (χ2v) is 12.4. The van der Waals surface area contributed by atoms with E-state index in [-0.39, 0.29) is 9.79 Å². The Morgan fingerprint density at radius 3 is 2.15 bits per heavy atom. The van der Waals surface area contributed by atoms with E-state index in [4.69, 9.17) is 11.6 Å². The lowest BCUT2D eigenvalue weighted by molar-refractivity contribution is 0.251. The van der Waals surface area contributed by atoms with Crippen LogP contribution in [0.1, 0.15) is 4.88 Å². The van der Waals surface area contributed by atoms with Gasteiger partial charge in [-0.2, -0.15) is 0 Å². The lowest BCUT2D eigenvalue weighted by atomic mass is 10.2. The fourth-order valence-electron chi connectivity index (χ4n) is 3.09. The summed E-state index contributed by atoms with van der Waals surface area (Å²) in [5, 5.41) is 0. The maximum Gasteiger partial charge on any atom is 0.177 e. The highest BCUT2D eigenvalue weighted by molar-refractivity contribution is 7.91. The molecule has 2 aromatic rings. The first-order chi connectivity index (χ1) is 12.5. The molecule has 0 radical (unpaired) electrons. The van der Waals surface area contributed by atoms with E-state index in [0.717, 1.165) is 36.5 Å². The van der Waals surface area contributed by atoms with E-state index in [1.807, 2.05) is 17.0 Å². The zero-order valence-electron chi connectivity index (χ0n) is 15.1. The Kier molecular flexibility index (Phi) is 5.88. The predicted molar refractivity (Wildman–Crippen MR) is 109 cm³/mol. The molecule has 1 fully saturated rings. The molecule has 0 unspecified atom stereocenters. The van der Waals surface area contributed by atoms with Crippen molar-refractivity contribution in [1.29, 1.82) is 0 Å². The molecule has 1 saturated heterocycles. The van der Waals surface area contributed by atoms with Gasteiger partial charge in [0.15, 0.2) is 19.7 Å². The first-order valence-corrected chi connectivity index (χ1v) is 13.3. The molecule has 0 spiro atoms. The van der Waals surface area contributed by atoms with Crippen molar-refractivity contribution >= 4 is 48.3 Å². The maximum atomic E-state index is 12.2. The quantitative estimate of drug-likeness (QED) is 0.699. The number of hydrogen-bond donors (Lipinski definition) is 0. The van der Waals surface area contributed by atoms with Crippen molar-refractivity contribution in [1.82, 2.24) is 4.90 Å². The second kappa shape index (κ2) is 7.71. The Labute approximate surface area is 169 Å². The summed E-state index contributed by atoms with van der Waals surface area (Å²) in [5.74, 6) is 0. The van der Waals surface area contributed by atoms with Crippen molar-refractivity contribution in [3.8, 4) is 0 Å². The zero-order valence-corrected chi connectivity index (χ0v) is 18.3. The zero-order chi connectivity index (χ0) is 19.8. The van der Waals surface area contributed by atoms with E-state index in [2.05, 4.69) is 4.90 Å². The Balaban J connectivity index is 1.79. The molecule has 148 valence electrons. The molecule has 27 heavy (non-hydrogen) atoms. The van der Waals surface area contributed by atoms with Crippen molar-refractivity contribution in [2.24, 2.45) is 0 Å². The molecule has 10 heteroatoms. The van der Waals surface area contributed by atoms with Crippen LogP contribution in [0.2, 0.25) is 4.34 Å². The van der Waals surface area contributed by atoms with Crippen LogP contribution in [0.15, 0.2) is 40.1 Å². The van der Waals surface area contributed by atoms with Gasteiger partial charge in [0.25, 0.3) is 0 Å². The highest BCUT2D eigenvalue weighted by atomic mass is 35.5. The van der Waals surface area contributed by atoms with Crippen LogP contribution in [0.25, 0.3) is 0 Å². The molecular formula is C17H21ClN2O4S3. The number of rotatable bonds is 5. The van der Waals surface area contributed by atoms with Crippen LogP contribution in [0.4, 0.5) is 5.69 Å². The fourth-order valence-corrected chi connectivity index (χ4v) is 5.86. The van der Waals surface area contributed by atoms with Crippen LogP contribution >= 0.6 is 22.9 Å². The average molecular weight is 449 g/mol. The number of thiophene rings is 1. The average Bonchev–Trinajstić information content (AvgIpc) is 2.98. The van der Waals surface area contributed by atoms with Gasteiger partial charge in [-0.25, -0.2) is 16.8 Å². The minimum atomic E-state index is -3.56. The summed E-state index contributed by atoms with van der Waals surface area (Å²) in [4.78, 5) is 5.57. The predicted octanol–water partition coefficient (Wildman–Crippen LogP) is 2.53.